The van der Waals surface area contributed by atoms with E-state index in [0.29, 0.717) is 6.54 Å². The van der Waals surface area contributed by atoms with Gasteiger partial charge in [0.2, 0.25) is 0 Å². The molecule has 2 N–H and O–H groups in total. The molecule has 0 amide bonds. The third kappa shape index (κ3) is 4.07. The monoisotopic (exact) mass is 237 g/mol. The Morgan fingerprint density at radius 3 is 2.41 bits per heavy atom. The van der Waals surface area contributed by atoms with Crippen molar-refractivity contribution in [3.63, 3.8) is 0 Å². The molecule has 1 aromatic carbocycles. The van der Waals surface area contributed by atoms with Crippen molar-refractivity contribution < 1.29 is 14.6 Å². The van der Waals surface area contributed by atoms with Crippen LogP contribution < -0.4 is 5.32 Å². The maximum Gasteiger partial charge on any atom is 0.323 e. The maximum absolute atomic E-state index is 11.5. The van der Waals surface area contributed by atoms with Crippen molar-refractivity contribution in [2.75, 3.05) is 7.11 Å². The first-order valence-electron chi connectivity index (χ1n) is 5.63. The van der Waals surface area contributed by atoms with Crippen LogP contribution in [0.25, 0.3) is 0 Å². The summed E-state index contributed by atoms with van der Waals surface area (Å²) < 4.78 is 4.74. The Bertz CT molecular complexity index is 359. The lowest BCUT2D eigenvalue weighted by Gasteiger charge is -2.19. The molecule has 4 nitrogen and oxygen atoms in total. The Morgan fingerprint density at radius 2 is 1.94 bits per heavy atom. The van der Waals surface area contributed by atoms with E-state index >= 15 is 0 Å². The van der Waals surface area contributed by atoms with E-state index in [-0.39, 0.29) is 23.7 Å². The Morgan fingerprint density at radius 1 is 1.35 bits per heavy atom. The maximum atomic E-state index is 11.5. The molecule has 1 atom stereocenters. The fraction of sp³-hybridized carbons (Fsp3) is 0.462. The van der Waals surface area contributed by atoms with E-state index in [2.05, 4.69) is 5.32 Å². The van der Waals surface area contributed by atoms with Gasteiger partial charge in [0.05, 0.1) is 7.11 Å². The molecule has 94 valence electrons. The molecular formula is C13H19NO3. The molecule has 1 rings (SSSR count). The summed E-state index contributed by atoms with van der Waals surface area (Å²) in [5.74, 6) is 0.153. The predicted molar refractivity (Wildman–Crippen MR) is 65.6 cm³/mol. The minimum atomic E-state index is -0.311. The topological polar surface area (TPSA) is 58.6 Å². The van der Waals surface area contributed by atoms with E-state index in [1.165, 1.54) is 7.11 Å². The normalized spacial score (nSPS) is 12.5. The molecule has 0 aliphatic heterocycles. The van der Waals surface area contributed by atoms with Crippen LogP contribution in [0.1, 0.15) is 19.4 Å². The smallest absolute Gasteiger partial charge is 0.323 e. The van der Waals surface area contributed by atoms with Gasteiger partial charge in [-0.25, -0.2) is 0 Å². The second kappa shape index (κ2) is 6.25. The number of aromatic hydroxyl groups is 1. The molecular weight excluding hydrogens is 218 g/mol. The molecule has 0 fully saturated rings. The number of nitrogens with one attached hydrogen (secondary N) is 1. The quantitative estimate of drug-likeness (QED) is 0.765. The van der Waals surface area contributed by atoms with Crippen molar-refractivity contribution in [3.05, 3.63) is 29.8 Å². The SMILES string of the molecule is COC(=O)[C@@H](NCc1ccc(O)cc1)C(C)C. The highest BCUT2D eigenvalue weighted by atomic mass is 16.5. The second-order valence-corrected chi connectivity index (χ2v) is 4.29. The van der Waals surface area contributed by atoms with E-state index in [0.717, 1.165) is 5.56 Å². The molecule has 0 saturated carbocycles. The van der Waals surface area contributed by atoms with Gasteiger partial charge in [-0.05, 0) is 23.6 Å². The van der Waals surface area contributed by atoms with Crippen LogP contribution in [0.2, 0.25) is 0 Å². The second-order valence-electron chi connectivity index (χ2n) is 4.29. The molecule has 0 aliphatic rings. The first-order chi connectivity index (χ1) is 8.04. The van der Waals surface area contributed by atoms with Gasteiger partial charge in [-0.3, -0.25) is 4.79 Å². The first-order valence-corrected chi connectivity index (χ1v) is 5.63. The number of carbonyl (C=O) groups excluding carboxylic acids is 1. The largest absolute Gasteiger partial charge is 0.508 e. The molecule has 0 saturated heterocycles. The summed E-state index contributed by atoms with van der Waals surface area (Å²) >= 11 is 0. The van der Waals surface area contributed by atoms with E-state index in [1.807, 2.05) is 26.0 Å². The van der Waals surface area contributed by atoms with Gasteiger partial charge in [0.25, 0.3) is 0 Å². The minimum absolute atomic E-state index is 0.166. The number of ether oxygens (including phenoxy) is 1. The average molecular weight is 237 g/mol. The van der Waals surface area contributed by atoms with Gasteiger partial charge in [0.1, 0.15) is 11.8 Å². The van der Waals surface area contributed by atoms with E-state index in [9.17, 15) is 4.79 Å². The summed E-state index contributed by atoms with van der Waals surface area (Å²) in [7, 11) is 1.39. The number of esters is 1. The van der Waals surface area contributed by atoms with Crippen LogP contribution in [0.5, 0.6) is 5.75 Å². The molecule has 1 aromatic rings. The summed E-state index contributed by atoms with van der Waals surface area (Å²) in [4.78, 5) is 11.5. The zero-order valence-electron chi connectivity index (χ0n) is 10.4. The molecule has 4 heteroatoms. The number of methoxy groups -OCH3 is 1. The third-order valence-corrected chi connectivity index (χ3v) is 2.58. The Hall–Kier alpha value is -1.55. The molecule has 0 aromatic heterocycles. The van der Waals surface area contributed by atoms with E-state index in [4.69, 9.17) is 9.84 Å². The number of phenols is 1. The standard InChI is InChI=1S/C13H19NO3/c1-9(2)12(13(16)17-3)14-8-10-4-6-11(15)7-5-10/h4-7,9,12,14-15H,8H2,1-3H3/t12-/m0/s1. The lowest BCUT2D eigenvalue weighted by molar-refractivity contribution is -0.144. The van der Waals surface area contributed by atoms with Gasteiger partial charge in [0.15, 0.2) is 0 Å². The molecule has 0 bridgehead atoms. The van der Waals surface area contributed by atoms with Gasteiger partial charge < -0.3 is 15.2 Å². The van der Waals surface area contributed by atoms with Crippen LogP contribution in [0.4, 0.5) is 0 Å². The van der Waals surface area contributed by atoms with Crippen molar-refractivity contribution in [1.29, 1.82) is 0 Å². The summed E-state index contributed by atoms with van der Waals surface area (Å²) in [6, 6.07) is 6.57. The Kier molecular flexibility index (Phi) is 4.97. The zero-order valence-corrected chi connectivity index (χ0v) is 10.4. The summed E-state index contributed by atoms with van der Waals surface area (Å²) in [5, 5.41) is 12.3. The molecule has 17 heavy (non-hydrogen) atoms. The van der Waals surface area contributed by atoms with Crippen LogP contribution in [0.3, 0.4) is 0 Å². The fourth-order valence-electron chi connectivity index (χ4n) is 1.56. The van der Waals surface area contributed by atoms with Crippen LogP contribution in [0, 0.1) is 5.92 Å². The third-order valence-electron chi connectivity index (χ3n) is 2.58. The van der Waals surface area contributed by atoms with Crippen molar-refractivity contribution in [2.24, 2.45) is 5.92 Å². The molecule has 0 spiro atoms. The summed E-state index contributed by atoms with van der Waals surface area (Å²) in [6.45, 7) is 4.50. The van der Waals surface area contributed by atoms with Crippen molar-refractivity contribution in [1.82, 2.24) is 5.32 Å². The highest BCUT2D eigenvalue weighted by molar-refractivity contribution is 5.75. The van der Waals surface area contributed by atoms with Gasteiger partial charge in [-0.1, -0.05) is 26.0 Å². The Balaban J connectivity index is 2.58. The van der Waals surface area contributed by atoms with Crippen molar-refractivity contribution >= 4 is 5.97 Å². The number of phenolic OH excluding ortho intramolecular Hbond substituents is 1. The van der Waals surface area contributed by atoms with Gasteiger partial charge in [-0.2, -0.15) is 0 Å². The van der Waals surface area contributed by atoms with Gasteiger partial charge >= 0.3 is 5.97 Å². The highest BCUT2D eigenvalue weighted by Gasteiger charge is 2.21. The summed E-state index contributed by atoms with van der Waals surface area (Å²) in [6.07, 6.45) is 0. The van der Waals surface area contributed by atoms with Crippen LogP contribution >= 0.6 is 0 Å². The Labute approximate surface area is 102 Å². The van der Waals surface area contributed by atoms with Crippen LogP contribution in [0.15, 0.2) is 24.3 Å². The number of rotatable bonds is 5. The molecule has 0 unspecified atom stereocenters. The van der Waals surface area contributed by atoms with Crippen molar-refractivity contribution in [3.8, 4) is 5.75 Å². The number of benzene rings is 1. The number of carbonyl (C=O) groups is 1. The van der Waals surface area contributed by atoms with Crippen LogP contribution in [-0.4, -0.2) is 24.2 Å². The number of hydrogen-bond acceptors (Lipinski definition) is 4. The van der Waals surface area contributed by atoms with Gasteiger partial charge in [0, 0.05) is 6.54 Å². The predicted octanol–water partition coefficient (Wildman–Crippen LogP) is 1.68. The zero-order chi connectivity index (χ0) is 12.8. The molecule has 0 aliphatic carbocycles. The fourth-order valence-corrected chi connectivity index (χ4v) is 1.56. The first kappa shape index (κ1) is 13.5. The van der Waals surface area contributed by atoms with Crippen molar-refractivity contribution in [2.45, 2.75) is 26.4 Å². The number of hydrogen-bond donors (Lipinski definition) is 2. The van der Waals surface area contributed by atoms with Gasteiger partial charge in [-0.15, -0.1) is 0 Å². The van der Waals surface area contributed by atoms with E-state index < -0.39 is 0 Å². The molecule has 0 radical (unpaired) electrons. The van der Waals surface area contributed by atoms with Crippen LogP contribution in [-0.2, 0) is 16.1 Å². The highest BCUT2D eigenvalue weighted by Crippen LogP contribution is 2.10. The van der Waals surface area contributed by atoms with E-state index in [1.54, 1.807) is 12.1 Å². The lowest BCUT2D eigenvalue weighted by atomic mass is 10.0. The minimum Gasteiger partial charge on any atom is -0.508 e. The molecule has 0 heterocycles. The summed E-state index contributed by atoms with van der Waals surface area (Å²) in [5.41, 5.74) is 1.01. The lowest BCUT2D eigenvalue weighted by Crippen LogP contribution is -2.41. The average Bonchev–Trinajstić information content (AvgIpc) is 2.31.